The minimum Gasteiger partial charge on any atom is -0.438 e. The fourth-order valence-electron chi connectivity index (χ4n) is 2.38. The molecule has 1 atom stereocenters. The lowest BCUT2D eigenvalue weighted by atomic mass is 10.1. The van der Waals surface area contributed by atoms with Crippen LogP contribution in [0.4, 0.5) is 4.79 Å². The average Bonchev–Trinajstić information content (AvgIpc) is 2.85. The number of nitrogens with zero attached hydrogens (tertiary/aromatic N) is 2. The van der Waals surface area contributed by atoms with Crippen molar-refractivity contribution in [1.82, 2.24) is 9.88 Å². The Morgan fingerprint density at radius 3 is 2.78 bits per heavy atom. The van der Waals surface area contributed by atoms with E-state index in [9.17, 15) is 9.59 Å². The lowest BCUT2D eigenvalue weighted by molar-refractivity contribution is 0.0926. The van der Waals surface area contributed by atoms with Crippen LogP contribution in [-0.2, 0) is 0 Å². The third-order valence-corrected chi connectivity index (χ3v) is 3.80. The number of ketones is 1. The zero-order chi connectivity index (χ0) is 13.3. The SMILES string of the molecule is Cc1nc(C)c(C(=O)CC2CCCN2C(=O)I)o1. The Kier molecular flexibility index (Phi) is 4.04. The number of Topliss-reactive ketones (excluding diaryl/α,β-unsaturated/α-hetero) is 1. The van der Waals surface area contributed by atoms with Crippen LogP contribution in [-0.4, -0.2) is 32.2 Å². The van der Waals surface area contributed by atoms with Gasteiger partial charge in [-0.15, -0.1) is 0 Å². The quantitative estimate of drug-likeness (QED) is 0.359. The Morgan fingerprint density at radius 2 is 2.22 bits per heavy atom. The Hall–Kier alpha value is -0.920. The maximum absolute atomic E-state index is 12.1. The highest BCUT2D eigenvalue weighted by Crippen LogP contribution is 2.24. The van der Waals surface area contributed by atoms with Gasteiger partial charge in [0.2, 0.25) is 5.78 Å². The van der Waals surface area contributed by atoms with Crippen molar-refractivity contribution in [3.8, 4) is 0 Å². The summed E-state index contributed by atoms with van der Waals surface area (Å²) in [6, 6.07) is 0.00621. The van der Waals surface area contributed by atoms with E-state index in [1.165, 1.54) is 0 Å². The Balaban J connectivity index is 2.07. The van der Waals surface area contributed by atoms with Gasteiger partial charge in [0.15, 0.2) is 11.7 Å². The molecule has 0 saturated carbocycles. The first-order valence-corrected chi connectivity index (χ1v) is 7.00. The first-order chi connectivity index (χ1) is 8.49. The maximum atomic E-state index is 12.1. The zero-order valence-corrected chi connectivity index (χ0v) is 12.6. The van der Waals surface area contributed by atoms with Crippen molar-refractivity contribution < 1.29 is 14.0 Å². The van der Waals surface area contributed by atoms with Crippen molar-refractivity contribution in [2.75, 3.05) is 6.54 Å². The monoisotopic (exact) mass is 362 g/mol. The Labute approximate surface area is 119 Å². The van der Waals surface area contributed by atoms with Gasteiger partial charge >= 0.3 is 0 Å². The van der Waals surface area contributed by atoms with E-state index in [2.05, 4.69) is 4.98 Å². The molecule has 1 saturated heterocycles. The number of carbonyl (C=O) groups excluding carboxylic acids is 2. The van der Waals surface area contributed by atoms with E-state index >= 15 is 0 Å². The summed E-state index contributed by atoms with van der Waals surface area (Å²) in [5.74, 6) is 0.770. The predicted octanol–water partition coefficient (Wildman–Crippen LogP) is 2.88. The third kappa shape index (κ3) is 2.73. The highest BCUT2D eigenvalue weighted by atomic mass is 127. The number of halogens is 1. The van der Waals surface area contributed by atoms with E-state index in [4.69, 9.17) is 4.42 Å². The zero-order valence-electron chi connectivity index (χ0n) is 10.4. The van der Waals surface area contributed by atoms with Gasteiger partial charge in [-0.05, 0) is 19.8 Å². The van der Waals surface area contributed by atoms with Crippen LogP contribution < -0.4 is 0 Å². The highest BCUT2D eigenvalue weighted by molar-refractivity contribution is 14.1. The maximum Gasteiger partial charge on any atom is 0.283 e. The summed E-state index contributed by atoms with van der Waals surface area (Å²) in [7, 11) is 0. The third-order valence-electron chi connectivity index (χ3n) is 3.18. The summed E-state index contributed by atoms with van der Waals surface area (Å²) in [6.07, 6.45) is 2.16. The van der Waals surface area contributed by atoms with Gasteiger partial charge < -0.3 is 9.32 Å². The van der Waals surface area contributed by atoms with Gasteiger partial charge in [-0.25, -0.2) is 4.98 Å². The second kappa shape index (κ2) is 5.38. The lowest BCUT2D eigenvalue weighted by Gasteiger charge is -2.21. The van der Waals surface area contributed by atoms with Gasteiger partial charge in [0.25, 0.3) is 3.91 Å². The highest BCUT2D eigenvalue weighted by Gasteiger charge is 2.30. The first-order valence-electron chi connectivity index (χ1n) is 5.92. The smallest absolute Gasteiger partial charge is 0.283 e. The topological polar surface area (TPSA) is 63.4 Å². The summed E-state index contributed by atoms with van der Waals surface area (Å²) >= 11 is 1.77. The molecule has 1 aromatic heterocycles. The summed E-state index contributed by atoms with van der Waals surface area (Å²) in [5, 5.41) is 0. The van der Waals surface area contributed by atoms with Crippen LogP contribution >= 0.6 is 22.6 Å². The van der Waals surface area contributed by atoms with Gasteiger partial charge in [0.05, 0.1) is 5.69 Å². The molecular weight excluding hydrogens is 347 g/mol. The molecule has 0 aliphatic carbocycles. The molecule has 1 aromatic rings. The van der Waals surface area contributed by atoms with Crippen LogP contribution in [0.5, 0.6) is 0 Å². The fourth-order valence-corrected chi connectivity index (χ4v) is 3.01. The number of rotatable bonds is 3. The molecule has 6 heteroatoms. The molecule has 1 unspecified atom stereocenters. The van der Waals surface area contributed by atoms with Crippen molar-refractivity contribution >= 4 is 32.3 Å². The molecule has 1 amide bonds. The van der Waals surface area contributed by atoms with Gasteiger partial charge in [0.1, 0.15) is 0 Å². The summed E-state index contributed by atoms with van der Waals surface area (Å²) in [5.41, 5.74) is 0.628. The van der Waals surface area contributed by atoms with Gasteiger partial charge in [-0.2, -0.15) is 0 Å². The number of hydrogen-bond acceptors (Lipinski definition) is 4. The van der Waals surface area contributed by atoms with Crippen molar-refractivity contribution in [2.45, 2.75) is 39.2 Å². The fraction of sp³-hybridized carbons (Fsp3) is 0.583. The molecule has 2 rings (SSSR count). The van der Waals surface area contributed by atoms with Crippen LogP contribution in [0.15, 0.2) is 4.42 Å². The molecule has 0 spiro atoms. The van der Waals surface area contributed by atoms with Crippen LogP contribution in [0.25, 0.3) is 0 Å². The minimum absolute atomic E-state index is 0.00621. The van der Waals surface area contributed by atoms with E-state index in [1.807, 2.05) is 0 Å². The normalized spacial score (nSPS) is 19.3. The first kappa shape index (κ1) is 13.5. The Morgan fingerprint density at radius 1 is 1.50 bits per heavy atom. The predicted molar refractivity (Wildman–Crippen MR) is 74.1 cm³/mol. The van der Waals surface area contributed by atoms with Crippen LogP contribution in [0.2, 0.25) is 0 Å². The molecule has 0 aromatic carbocycles. The molecule has 5 nitrogen and oxygen atoms in total. The van der Waals surface area contributed by atoms with Crippen LogP contribution in [0, 0.1) is 13.8 Å². The molecule has 98 valence electrons. The summed E-state index contributed by atoms with van der Waals surface area (Å²) in [6.45, 7) is 4.23. The molecule has 18 heavy (non-hydrogen) atoms. The molecule has 0 bridgehead atoms. The number of amides is 1. The second-order valence-corrected chi connectivity index (χ2v) is 5.44. The van der Waals surface area contributed by atoms with Crippen molar-refractivity contribution in [3.63, 3.8) is 0 Å². The molecule has 1 aliphatic heterocycles. The van der Waals surface area contributed by atoms with Crippen molar-refractivity contribution in [2.24, 2.45) is 0 Å². The van der Waals surface area contributed by atoms with Crippen molar-refractivity contribution in [3.05, 3.63) is 17.3 Å². The van der Waals surface area contributed by atoms with Crippen molar-refractivity contribution in [1.29, 1.82) is 0 Å². The Bertz CT molecular complexity index is 484. The minimum atomic E-state index is -0.0670. The van der Waals surface area contributed by atoms with Gasteiger partial charge in [0, 0.05) is 48.5 Å². The molecule has 0 N–H and O–H groups in total. The molecule has 2 heterocycles. The van der Waals surface area contributed by atoms with Gasteiger partial charge in [-0.1, -0.05) is 0 Å². The summed E-state index contributed by atoms with van der Waals surface area (Å²) < 4.78 is 5.32. The van der Waals surface area contributed by atoms with E-state index in [1.54, 1.807) is 41.3 Å². The average molecular weight is 362 g/mol. The molecule has 1 aliphatic rings. The molecule has 0 radical (unpaired) electrons. The number of hydrogen-bond donors (Lipinski definition) is 0. The van der Waals surface area contributed by atoms with Crippen LogP contribution in [0.1, 0.15) is 41.4 Å². The number of aromatic nitrogens is 1. The van der Waals surface area contributed by atoms with E-state index < -0.39 is 0 Å². The molecular formula is C12H15IN2O3. The largest absolute Gasteiger partial charge is 0.438 e. The number of aryl methyl sites for hydroxylation is 2. The number of carbonyl (C=O) groups is 2. The molecule has 1 fully saturated rings. The lowest BCUT2D eigenvalue weighted by Crippen LogP contribution is -2.33. The number of likely N-dealkylation sites (tertiary alicyclic amines) is 1. The number of oxazole rings is 1. The van der Waals surface area contributed by atoms with Crippen LogP contribution in [0.3, 0.4) is 0 Å². The standard InChI is InChI=1S/C12H15IN2O3/c1-7-11(18-8(2)14-7)10(16)6-9-4-3-5-15(9)12(13)17/h9H,3-6H2,1-2H3. The second-order valence-electron chi connectivity index (χ2n) is 4.52. The van der Waals surface area contributed by atoms with E-state index in [-0.39, 0.29) is 15.7 Å². The summed E-state index contributed by atoms with van der Waals surface area (Å²) in [4.78, 5) is 29.4. The van der Waals surface area contributed by atoms with E-state index in [0.29, 0.717) is 23.8 Å². The van der Waals surface area contributed by atoms with Gasteiger partial charge in [-0.3, -0.25) is 9.59 Å². The van der Waals surface area contributed by atoms with E-state index in [0.717, 1.165) is 19.4 Å².